The minimum Gasteiger partial charge on any atom is -0.361 e. The maximum atomic E-state index is 12.9. The summed E-state index contributed by atoms with van der Waals surface area (Å²) >= 11 is 0. The van der Waals surface area contributed by atoms with Gasteiger partial charge in [0.25, 0.3) is 0 Å². The second-order valence-corrected chi connectivity index (χ2v) is 4.82. The van der Waals surface area contributed by atoms with Crippen molar-refractivity contribution in [1.82, 2.24) is 0 Å². The van der Waals surface area contributed by atoms with Gasteiger partial charge in [-0.15, -0.1) is 0 Å². The van der Waals surface area contributed by atoms with E-state index < -0.39 is 18.4 Å². The van der Waals surface area contributed by atoms with Gasteiger partial charge < -0.3 is 10.5 Å². The highest BCUT2D eigenvalue weighted by Crippen LogP contribution is 2.36. The third-order valence-corrected chi connectivity index (χ3v) is 3.44. The summed E-state index contributed by atoms with van der Waals surface area (Å²) in [5.41, 5.74) is 7.22. The molecule has 0 fully saturated rings. The van der Waals surface area contributed by atoms with Crippen LogP contribution in [0.2, 0.25) is 0 Å². The fourth-order valence-corrected chi connectivity index (χ4v) is 2.51. The van der Waals surface area contributed by atoms with E-state index in [-0.39, 0.29) is 13.0 Å². The molecule has 0 saturated carbocycles. The zero-order chi connectivity index (χ0) is 13.9. The molecule has 19 heavy (non-hydrogen) atoms. The zero-order valence-corrected chi connectivity index (χ0v) is 10.6. The van der Waals surface area contributed by atoms with E-state index in [2.05, 4.69) is 0 Å². The van der Waals surface area contributed by atoms with Crippen LogP contribution in [0.4, 0.5) is 13.2 Å². The fraction of sp³-hybridized carbons (Fsp3) is 0.571. The molecule has 1 aromatic carbocycles. The van der Waals surface area contributed by atoms with Crippen molar-refractivity contribution in [2.45, 2.75) is 44.1 Å². The van der Waals surface area contributed by atoms with Crippen molar-refractivity contribution in [3.05, 3.63) is 35.4 Å². The molecule has 0 saturated heterocycles. The fourth-order valence-electron chi connectivity index (χ4n) is 2.51. The smallest absolute Gasteiger partial charge is 0.361 e. The summed E-state index contributed by atoms with van der Waals surface area (Å²) < 4.78 is 43.9. The largest absolute Gasteiger partial charge is 0.414 e. The lowest BCUT2D eigenvalue weighted by molar-refractivity contribution is -0.236. The monoisotopic (exact) mass is 273 g/mol. The molecule has 0 spiro atoms. The van der Waals surface area contributed by atoms with E-state index in [0.29, 0.717) is 6.42 Å². The van der Waals surface area contributed by atoms with Crippen LogP contribution in [-0.2, 0) is 11.2 Å². The van der Waals surface area contributed by atoms with Gasteiger partial charge in [-0.3, -0.25) is 0 Å². The molecule has 106 valence electrons. The van der Waals surface area contributed by atoms with Gasteiger partial charge in [0, 0.05) is 0 Å². The summed E-state index contributed by atoms with van der Waals surface area (Å²) in [4.78, 5) is 0. The topological polar surface area (TPSA) is 35.2 Å². The second kappa shape index (κ2) is 5.92. The van der Waals surface area contributed by atoms with Crippen molar-refractivity contribution < 1.29 is 17.9 Å². The summed E-state index contributed by atoms with van der Waals surface area (Å²) in [5.74, 6) is 0. The molecule has 2 atom stereocenters. The molecule has 1 aliphatic carbocycles. The van der Waals surface area contributed by atoms with Crippen LogP contribution in [0.3, 0.4) is 0 Å². The lowest BCUT2D eigenvalue weighted by atomic mass is 9.89. The summed E-state index contributed by atoms with van der Waals surface area (Å²) in [6.07, 6.45) is -4.39. The molecule has 2 nitrogen and oxygen atoms in total. The van der Waals surface area contributed by atoms with Crippen LogP contribution in [-0.4, -0.2) is 18.8 Å². The summed E-state index contributed by atoms with van der Waals surface area (Å²) in [7, 11) is 0. The third-order valence-electron chi connectivity index (χ3n) is 3.44. The first-order valence-corrected chi connectivity index (χ1v) is 6.52. The molecule has 2 rings (SSSR count). The van der Waals surface area contributed by atoms with E-state index >= 15 is 0 Å². The molecular formula is C14H18F3NO. The number of alkyl halides is 3. The third kappa shape index (κ3) is 3.48. The minimum atomic E-state index is -4.36. The van der Waals surface area contributed by atoms with Crippen LogP contribution < -0.4 is 5.73 Å². The molecular weight excluding hydrogens is 255 g/mol. The Morgan fingerprint density at radius 2 is 2.05 bits per heavy atom. The number of fused-ring (bicyclic) bond motifs is 1. The van der Waals surface area contributed by atoms with Gasteiger partial charge in [-0.05, 0) is 43.4 Å². The van der Waals surface area contributed by atoms with Crippen molar-refractivity contribution in [1.29, 1.82) is 0 Å². The molecule has 0 aliphatic heterocycles. The quantitative estimate of drug-likeness (QED) is 0.913. The van der Waals surface area contributed by atoms with Gasteiger partial charge in [0.15, 0.2) is 6.10 Å². The van der Waals surface area contributed by atoms with E-state index in [1.807, 2.05) is 24.3 Å². The minimum absolute atomic E-state index is 0.0292. The van der Waals surface area contributed by atoms with Gasteiger partial charge in [-0.2, -0.15) is 13.2 Å². The Hall–Kier alpha value is -1.07. The van der Waals surface area contributed by atoms with E-state index in [1.165, 1.54) is 0 Å². The Kier molecular flexibility index (Phi) is 4.47. The first-order chi connectivity index (χ1) is 9.02. The van der Waals surface area contributed by atoms with E-state index in [1.54, 1.807) is 0 Å². The van der Waals surface area contributed by atoms with Gasteiger partial charge in [0.1, 0.15) is 0 Å². The van der Waals surface area contributed by atoms with Gasteiger partial charge in [-0.25, -0.2) is 0 Å². The number of aryl methyl sites for hydroxylation is 1. The normalized spacial score (nSPS) is 20.9. The second-order valence-electron chi connectivity index (χ2n) is 4.82. The molecule has 5 heteroatoms. The predicted octanol–water partition coefficient (Wildman–Crippen LogP) is 3.36. The van der Waals surface area contributed by atoms with Crippen molar-refractivity contribution in [3.63, 3.8) is 0 Å². The predicted molar refractivity (Wildman–Crippen MR) is 66.7 cm³/mol. The average Bonchev–Trinajstić information content (AvgIpc) is 2.37. The van der Waals surface area contributed by atoms with Gasteiger partial charge in [-0.1, -0.05) is 24.3 Å². The van der Waals surface area contributed by atoms with Crippen LogP contribution in [0, 0.1) is 0 Å². The van der Waals surface area contributed by atoms with Crippen LogP contribution in [0.5, 0.6) is 0 Å². The highest BCUT2D eigenvalue weighted by molar-refractivity contribution is 5.31. The molecule has 0 amide bonds. The zero-order valence-electron chi connectivity index (χ0n) is 10.6. The SMILES string of the molecule is NCCC(OC1CCCc2ccccc21)C(F)(F)F. The number of halogens is 3. The van der Waals surface area contributed by atoms with Crippen molar-refractivity contribution in [2.24, 2.45) is 5.73 Å². The van der Waals surface area contributed by atoms with Crippen molar-refractivity contribution >= 4 is 0 Å². The van der Waals surface area contributed by atoms with Crippen LogP contribution in [0.15, 0.2) is 24.3 Å². The lowest BCUT2D eigenvalue weighted by Crippen LogP contribution is -2.35. The number of nitrogens with two attached hydrogens (primary N) is 1. The summed E-state index contributed by atoms with van der Waals surface area (Å²) in [5, 5.41) is 0. The Bertz CT molecular complexity index is 419. The van der Waals surface area contributed by atoms with Crippen LogP contribution >= 0.6 is 0 Å². The first-order valence-electron chi connectivity index (χ1n) is 6.52. The van der Waals surface area contributed by atoms with Gasteiger partial charge >= 0.3 is 6.18 Å². The van der Waals surface area contributed by atoms with Crippen LogP contribution in [0.1, 0.15) is 36.5 Å². The van der Waals surface area contributed by atoms with Crippen LogP contribution in [0.25, 0.3) is 0 Å². The lowest BCUT2D eigenvalue weighted by Gasteiger charge is -2.30. The van der Waals surface area contributed by atoms with Crippen molar-refractivity contribution in [2.75, 3.05) is 6.54 Å². The number of hydrogen-bond acceptors (Lipinski definition) is 2. The van der Waals surface area contributed by atoms with E-state index in [0.717, 1.165) is 24.0 Å². The average molecular weight is 273 g/mol. The Morgan fingerprint density at radius 1 is 1.32 bits per heavy atom. The Balaban J connectivity index is 2.15. The summed E-state index contributed by atoms with van der Waals surface area (Å²) in [6.45, 7) is -0.0292. The number of benzene rings is 1. The number of hydrogen-bond donors (Lipinski definition) is 1. The van der Waals surface area contributed by atoms with Gasteiger partial charge in [0.05, 0.1) is 6.10 Å². The highest BCUT2D eigenvalue weighted by Gasteiger charge is 2.42. The molecule has 1 aliphatic rings. The number of ether oxygens (including phenoxy) is 1. The molecule has 2 unspecified atom stereocenters. The first kappa shape index (κ1) is 14.3. The maximum absolute atomic E-state index is 12.9. The molecule has 0 heterocycles. The Morgan fingerprint density at radius 3 is 2.74 bits per heavy atom. The number of rotatable bonds is 4. The summed E-state index contributed by atoms with van der Waals surface area (Å²) in [6, 6.07) is 7.56. The maximum Gasteiger partial charge on any atom is 0.414 e. The van der Waals surface area contributed by atoms with E-state index in [9.17, 15) is 13.2 Å². The molecule has 1 aromatic rings. The Labute approximate surface area is 110 Å². The van der Waals surface area contributed by atoms with E-state index in [4.69, 9.17) is 10.5 Å². The molecule has 2 N–H and O–H groups in total. The standard InChI is InChI=1S/C14H18F3NO/c15-14(16,17)13(8-9-18)19-12-7-3-5-10-4-1-2-6-11(10)12/h1-2,4,6,12-13H,3,5,7-9,18H2. The highest BCUT2D eigenvalue weighted by atomic mass is 19.4. The molecule has 0 bridgehead atoms. The van der Waals surface area contributed by atoms with Crippen molar-refractivity contribution in [3.8, 4) is 0 Å². The van der Waals surface area contributed by atoms with Gasteiger partial charge in [0.2, 0.25) is 0 Å². The molecule has 0 aromatic heterocycles. The molecule has 0 radical (unpaired) electrons.